The lowest BCUT2D eigenvalue weighted by Gasteiger charge is -2.33. The zero-order valence-electron chi connectivity index (χ0n) is 13.5. The molecule has 1 saturated heterocycles. The van der Waals surface area contributed by atoms with Crippen LogP contribution < -0.4 is 10.1 Å². The number of hydrogen-bond acceptors (Lipinski definition) is 5. The van der Waals surface area contributed by atoms with E-state index in [1.54, 1.807) is 60.6 Å². The van der Waals surface area contributed by atoms with E-state index in [1.165, 1.54) is 0 Å². The fraction of sp³-hybridized carbons (Fsp3) is 0.278. The Labute approximate surface area is 149 Å². The SMILES string of the molecule is O=C(NC1(C(=O)O)CCSCC1)c1ccc(Oc2cccnc2)cc1. The Morgan fingerprint density at radius 1 is 1.12 bits per heavy atom. The zero-order valence-corrected chi connectivity index (χ0v) is 14.3. The van der Waals surface area contributed by atoms with Gasteiger partial charge in [0, 0.05) is 11.8 Å². The number of carbonyl (C=O) groups excluding carboxylic acids is 1. The van der Waals surface area contributed by atoms with Crippen molar-refractivity contribution in [3.63, 3.8) is 0 Å². The Kier molecular flexibility index (Phi) is 5.23. The van der Waals surface area contributed by atoms with E-state index in [-0.39, 0.29) is 5.91 Å². The number of ether oxygens (including phenoxy) is 1. The van der Waals surface area contributed by atoms with Crippen LogP contribution in [0, 0.1) is 0 Å². The first-order valence-corrected chi connectivity index (χ1v) is 9.06. The lowest BCUT2D eigenvalue weighted by molar-refractivity contribution is -0.144. The first kappa shape index (κ1) is 17.3. The van der Waals surface area contributed by atoms with Crippen molar-refractivity contribution < 1.29 is 19.4 Å². The molecule has 25 heavy (non-hydrogen) atoms. The molecule has 1 fully saturated rings. The van der Waals surface area contributed by atoms with Gasteiger partial charge in [0.1, 0.15) is 17.0 Å². The van der Waals surface area contributed by atoms with E-state index in [4.69, 9.17) is 4.74 Å². The molecule has 130 valence electrons. The minimum absolute atomic E-state index is 0.387. The molecule has 0 radical (unpaired) electrons. The third-order valence-electron chi connectivity index (χ3n) is 4.10. The van der Waals surface area contributed by atoms with E-state index in [2.05, 4.69) is 10.3 Å². The molecule has 0 saturated carbocycles. The van der Waals surface area contributed by atoms with Crippen LogP contribution in [-0.2, 0) is 4.79 Å². The van der Waals surface area contributed by atoms with Crippen molar-refractivity contribution in [1.29, 1.82) is 0 Å². The Bertz CT molecular complexity index is 743. The smallest absolute Gasteiger partial charge is 0.329 e. The number of benzene rings is 1. The van der Waals surface area contributed by atoms with Gasteiger partial charge < -0.3 is 15.2 Å². The maximum atomic E-state index is 12.5. The maximum absolute atomic E-state index is 12.5. The van der Waals surface area contributed by atoms with Crippen molar-refractivity contribution in [2.75, 3.05) is 11.5 Å². The van der Waals surface area contributed by atoms with Gasteiger partial charge in [-0.2, -0.15) is 11.8 Å². The van der Waals surface area contributed by atoms with Crippen LogP contribution in [0.1, 0.15) is 23.2 Å². The second-order valence-electron chi connectivity index (χ2n) is 5.77. The number of nitrogens with one attached hydrogen (secondary N) is 1. The summed E-state index contributed by atoms with van der Waals surface area (Å²) in [4.78, 5) is 28.1. The Hall–Kier alpha value is -2.54. The maximum Gasteiger partial charge on any atom is 0.329 e. The molecular formula is C18H18N2O4S. The molecule has 0 atom stereocenters. The van der Waals surface area contributed by atoms with Crippen LogP contribution >= 0.6 is 11.8 Å². The predicted octanol–water partition coefficient (Wildman–Crippen LogP) is 2.95. The molecular weight excluding hydrogens is 340 g/mol. The van der Waals surface area contributed by atoms with E-state index in [9.17, 15) is 14.7 Å². The first-order valence-electron chi connectivity index (χ1n) is 7.91. The summed E-state index contributed by atoms with van der Waals surface area (Å²) in [6, 6.07) is 10.1. The molecule has 0 bridgehead atoms. The van der Waals surface area contributed by atoms with Gasteiger partial charge in [-0.25, -0.2) is 4.79 Å². The van der Waals surface area contributed by atoms with Crippen LogP contribution in [-0.4, -0.2) is 39.0 Å². The second-order valence-corrected chi connectivity index (χ2v) is 6.99. The first-order chi connectivity index (χ1) is 12.1. The Balaban J connectivity index is 1.69. The van der Waals surface area contributed by atoms with E-state index < -0.39 is 11.5 Å². The highest BCUT2D eigenvalue weighted by Crippen LogP contribution is 2.28. The molecule has 2 aromatic rings. The number of hydrogen-bond donors (Lipinski definition) is 2. The molecule has 7 heteroatoms. The summed E-state index contributed by atoms with van der Waals surface area (Å²) < 4.78 is 5.63. The number of carbonyl (C=O) groups is 2. The number of aliphatic carboxylic acids is 1. The number of amides is 1. The van der Waals surface area contributed by atoms with Gasteiger partial charge in [0.2, 0.25) is 0 Å². The standard InChI is InChI=1S/C18H18N2O4S/c21-16(20-18(17(22)23)7-10-25-11-8-18)13-3-5-14(6-4-13)24-15-2-1-9-19-12-15/h1-6,9,12H,7-8,10-11H2,(H,20,21)(H,22,23). The molecule has 1 amide bonds. The minimum Gasteiger partial charge on any atom is -0.480 e. The predicted molar refractivity (Wildman–Crippen MR) is 95.1 cm³/mol. The lowest BCUT2D eigenvalue weighted by atomic mass is 9.92. The monoisotopic (exact) mass is 358 g/mol. The number of carboxylic acids is 1. The summed E-state index contributed by atoms with van der Waals surface area (Å²) >= 11 is 1.70. The number of rotatable bonds is 5. The van der Waals surface area contributed by atoms with Crippen molar-refractivity contribution in [2.45, 2.75) is 18.4 Å². The fourth-order valence-corrected chi connectivity index (χ4v) is 3.81. The highest BCUT2D eigenvalue weighted by Gasteiger charge is 2.41. The third-order valence-corrected chi connectivity index (χ3v) is 5.08. The molecule has 2 N–H and O–H groups in total. The van der Waals surface area contributed by atoms with Gasteiger partial charge in [-0.1, -0.05) is 0 Å². The molecule has 0 spiro atoms. The van der Waals surface area contributed by atoms with Crippen molar-refractivity contribution in [3.05, 3.63) is 54.4 Å². The van der Waals surface area contributed by atoms with Crippen LogP contribution in [0.15, 0.2) is 48.8 Å². The third kappa shape index (κ3) is 4.11. The quantitative estimate of drug-likeness (QED) is 0.854. The van der Waals surface area contributed by atoms with Crippen LogP contribution in [0.4, 0.5) is 0 Å². The van der Waals surface area contributed by atoms with E-state index in [1.807, 2.05) is 0 Å². The molecule has 0 unspecified atom stereocenters. The van der Waals surface area contributed by atoms with Crippen molar-refractivity contribution in [3.8, 4) is 11.5 Å². The molecule has 3 rings (SSSR count). The summed E-state index contributed by atoms with van der Waals surface area (Å²) in [5.74, 6) is 1.27. The number of aromatic nitrogens is 1. The van der Waals surface area contributed by atoms with Gasteiger partial charge in [0.25, 0.3) is 5.91 Å². The van der Waals surface area contributed by atoms with Crippen molar-refractivity contribution in [2.24, 2.45) is 0 Å². The number of nitrogens with zero attached hydrogens (tertiary/aromatic N) is 1. The lowest BCUT2D eigenvalue weighted by Crippen LogP contribution is -2.56. The van der Waals surface area contributed by atoms with Crippen molar-refractivity contribution >= 4 is 23.6 Å². The second kappa shape index (κ2) is 7.57. The summed E-state index contributed by atoms with van der Waals surface area (Å²) in [6.45, 7) is 0. The average Bonchev–Trinajstić information content (AvgIpc) is 2.64. The zero-order chi connectivity index (χ0) is 17.7. The summed E-state index contributed by atoms with van der Waals surface area (Å²) in [7, 11) is 0. The summed E-state index contributed by atoms with van der Waals surface area (Å²) in [6.07, 6.45) is 4.11. The van der Waals surface area contributed by atoms with E-state index in [0.29, 0.717) is 29.9 Å². The van der Waals surface area contributed by atoms with Gasteiger partial charge >= 0.3 is 5.97 Å². The fourth-order valence-electron chi connectivity index (χ4n) is 2.62. The van der Waals surface area contributed by atoms with Gasteiger partial charge in [0.15, 0.2) is 0 Å². The molecule has 1 aromatic heterocycles. The summed E-state index contributed by atoms with van der Waals surface area (Å²) in [5.41, 5.74) is -0.773. The Morgan fingerprint density at radius 2 is 1.84 bits per heavy atom. The van der Waals surface area contributed by atoms with Gasteiger partial charge in [-0.3, -0.25) is 9.78 Å². The van der Waals surface area contributed by atoms with Gasteiger partial charge in [-0.15, -0.1) is 0 Å². The topological polar surface area (TPSA) is 88.5 Å². The molecule has 1 aliphatic heterocycles. The molecule has 6 nitrogen and oxygen atoms in total. The highest BCUT2D eigenvalue weighted by molar-refractivity contribution is 7.99. The Morgan fingerprint density at radius 3 is 2.44 bits per heavy atom. The summed E-state index contributed by atoms with van der Waals surface area (Å²) in [5, 5.41) is 12.3. The van der Waals surface area contributed by atoms with Crippen LogP contribution in [0.3, 0.4) is 0 Å². The highest BCUT2D eigenvalue weighted by atomic mass is 32.2. The molecule has 1 aliphatic rings. The number of thioether (sulfide) groups is 1. The molecule has 0 aliphatic carbocycles. The minimum atomic E-state index is -1.17. The normalized spacial score (nSPS) is 16.0. The van der Waals surface area contributed by atoms with Gasteiger partial charge in [0.05, 0.1) is 6.20 Å². The largest absolute Gasteiger partial charge is 0.480 e. The molecule has 1 aromatic carbocycles. The van der Waals surface area contributed by atoms with Crippen molar-refractivity contribution in [1.82, 2.24) is 10.3 Å². The van der Waals surface area contributed by atoms with Crippen LogP contribution in [0.25, 0.3) is 0 Å². The van der Waals surface area contributed by atoms with E-state index in [0.717, 1.165) is 11.5 Å². The van der Waals surface area contributed by atoms with Crippen LogP contribution in [0.2, 0.25) is 0 Å². The van der Waals surface area contributed by atoms with Crippen LogP contribution in [0.5, 0.6) is 11.5 Å². The van der Waals surface area contributed by atoms with Gasteiger partial charge in [-0.05, 0) is 60.7 Å². The number of pyridine rings is 1. The van der Waals surface area contributed by atoms with E-state index >= 15 is 0 Å². The average molecular weight is 358 g/mol. The molecule has 2 heterocycles. The number of carboxylic acid groups (broad SMARTS) is 1.